The van der Waals surface area contributed by atoms with E-state index >= 15 is 0 Å². The molecule has 0 spiro atoms. The molecule has 0 aliphatic heterocycles. The van der Waals surface area contributed by atoms with Gasteiger partial charge in [0.1, 0.15) is 10.5 Å². The van der Waals surface area contributed by atoms with Gasteiger partial charge in [-0.1, -0.05) is 60.7 Å². The number of nitrogens with zero attached hydrogens (tertiary/aromatic N) is 2. The lowest BCUT2D eigenvalue weighted by atomic mass is 10.1. The second-order valence-electron chi connectivity index (χ2n) is 7.71. The van der Waals surface area contributed by atoms with Crippen molar-refractivity contribution in [2.75, 3.05) is 13.2 Å². The molecule has 32 heavy (non-hydrogen) atoms. The van der Waals surface area contributed by atoms with Crippen LogP contribution in [0.3, 0.4) is 0 Å². The molecule has 170 valence electrons. The Morgan fingerprint density at radius 1 is 0.938 bits per heavy atom. The van der Waals surface area contributed by atoms with Gasteiger partial charge < -0.3 is 9.30 Å². The molecule has 1 heterocycles. The third-order valence-corrected chi connectivity index (χ3v) is 7.70. The topological polar surface area (TPSA) is 68.6 Å². The molecule has 2 aromatic carbocycles. The van der Waals surface area contributed by atoms with Crippen molar-refractivity contribution < 1.29 is 17.9 Å². The lowest BCUT2D eigenvalue weighted by Gasteiger charge is -2.23. The van der Waals surface area contributed by atoms with E-state index in [1.807, 2.05) is 60.7 Å². The minimum atomic E-state index is -3.98. The molecule has 0 unspecified atom stereocenters. The number of ether oxygens (including phenoxy) is 1. The number of hydrogen-bond donors (Lipinski definition) is 0. The van der Waals surface area contributed by atoms with E-state index in [9.17, 15) is 13.2 Å². The van der Waals surface area contributed by atoms with Gasteiger partial charge in [-0.3, -0.25) is 0 Å². The van der Waals surface area contributed by atoms with Crippen LogP contribution in [0.15, 0.2) is 65.6 Å². The first-order valence-electron chi connectivity index (χ1n) is 10.7. The highest BCUT2D eigenvalue weighted by Gasteiger charge is 2.35. The summed E-state index contributed by atoms with van der Waals surface area (Å²) >= 11 is 0. The van der Waals surface area contributed by atoms with Crippen LogP contribution in [0.2, 0.25) is 0 Å². The van der Waals surface area contributed by atoms with Crippen LogP contribution < -0.4 is 0 Å². The van der Waals surface area contributed by atoms with Crippen molar-refractivity contribution in [3.8, 4) is 0 Å². The molecule has 0 fully saturated rings. The summed E-state index contributed by atoms with van der Waals surface area (Å²) in [5.74, 6) is -0.616. The van der Waals surface area contributed by atoms with Crippen LogP contribution in [-0.2, 0) is 34.8 Å². The van der Waals surface area contributed by atoms with E-state index < -0.39 is 16.0 Å². The van der Waals surface area contributed by atoms with Crippen LogP contribution in [0.25, 0.3) is 0 Å². The summed E-state index contributed by atoms with van der Waals surface area (Å²) in [5, 5.41) is 0. The van der Waals surface area contributed by atoms with Crippen molar-refractivity contribution in [3.05, 3.63) is 88.7 Å². The summed E-state index contributed by atoms with van der Waals surface area (Å²) in [4.78, 5) is 12.8. The molecular weight excluding hydrogens is 424 g/mol. The lowest BCUT2D eigenvalue weighted by Crippen LogP contribution is -2.34. The van der Waals surface area contributed by atoms with E-state index in [0.717, 1.165) is 11.1 Å². The molecule has 3 aromatic rings. The Labute approximate surface area is 190 Å². The second-order valence-corrected chi connectivity index (χ2v) is 9.59. The fourth-order valence-electron chi connectivity index (χ4n) is 3.77. The molecule has 0 radical (unpaired) electrons. The van der Waals surface area contributed by atoms with Crippen molar-refractivity contribution >= 4 is 16.0 Å². The SMILES string of the molecule is CCOC(=O)c1c(S(=O)(=O)N(CCc2ccccc2)Cc2ccccc2)c(C)n(C)c1C. The number of sulfonamides is 1. The zero-order valence-corrected chi connectivity index (χ0v) is 19.9. The summed E-state index contributed by atoms with van der Waals surface area (Å²) in [6.07, 6.45) is 0.562. The highest BCUT2D eigenvalue weighted by atomic mass is 32.2. The third kappa shape index (κ3) is 4.95. The molecule has 0 aliphatic carbocycles. The Balaban J connectivity index is 2.06. The zero-order chi connectivity index (χ0) is 23.3. The normalized spacial score (nSPS) is 11.7. The van der Waals surface area contributed by atoms with Crippen LogP contribution in [0.1, 0.15) is 39.8 Å². The fraction of sp³-hybridized carbons (Fsp3) is 0.320. The van der Waals surface area contributed by atoms with Crippen molar-refractivity contribution in [2.24, 2.45) is 7.05 Å². The first-order valence-corrected chi connectivity index (χ1v) is 12.1. The molecule has 0 atom stereocenters. The maximum atomic E-state index is 14.0. The number of rotatable bonds is 9. The Morgan fingerprint density at radius 3 is 2.06 bits per heavy atom. The van der Waals surface area contributed by atoms with E-state index in [2.05, 4.69) is 0 Å². The fourth-order valence-corrected chi connectivity index (χ4v) is 5.68. The molecule has 0 N–H and O–H groups in total. The maximum absolute atomic E-state index is 14.0. The summed E-state index contributed by atoms with van der Waals surface area (Å²) in [6, 6.07) is 19.3. The number of benzene rings is 2. The Morgan fingerprint density at radius 2 is 1.50 bits per heavy atom. The summed E-state index contributed by atoms with van der Waals surface area (Å²) in [5.41, 5.74) is 3.13. The molecule has 1 aromatic heterocycles. The van der Waals surface area contributed by atoms with Gasteiger partial charge in [0.2, 0.25) is 10.0 Å². The van der Waals surface area contributed by atoms with E-state index in [4.69, 9.17) is 4.74 Å². The van der Waals surface area contributed by atoms with Crippen molar-refractivity contribution in [1.29, 1.82) is 0 Å². The van der Waals surface area contributed by atoms with Gasteiger partial charge >= 0.3 is 5.97 Å². The van der Waals surface area contributed by atoms with E-state index in [0.29, 0.717) is 17.8 Å². The highest BCUT2D eigenvalue weighted by molar-refractivity contribution is 7.89. The van der Waals surface area contributed by atoms with Crippen LogP contribution in [0, 0.1) is 13.8 Å². The summed E-state index contributed by atoms with van der Waals surface area (Å²) in [7, 11) is -2.22. The standard InChI is InChI=1S/C25H30N2O4S/c1-5-31-25(28)23-19(2)26(4)20(3)24(23)32(29,30)27(18-22-14-10-7-11-15-22)17-16-21-12-8-6-9-13-21/h6-15H,5,16-18H2,1-4H3. The quantitative estimate of drug-likeness (QED) is 0.453. The lowest BCUT2D eigenvalue weighted by molar-refractivity contribution is 0.0521. The number of carbonyl (C=O) groups is 1. The largest absolute Gasteiger partial charge is 0.462 e. The monoisotopic (exact) mass is 454 g/mol. The Kier molecular flexibility index (Phi) is 7.53. The van der Waals surface area contributed by atoms with E-state index in [1.54, 1.807) is 32.4 Å². The summed E-state index contributed by atoms with van der Waals surface area (Å²) in [6.45, 7) is 5.85. The van der Waals surface area contributed by atoms with E-state index in [1.165, 1.54) is 4.31 Å². The highest BCUT2D eigenvalue weighted by Crippen LogP contribution is 2.30. The molecule has 0 aliphatic rings. The molecule has 7 heteroatoms. The van der Waals surface area contributed by atoms with Gasteiger partial charge in [0, 0.05) is 31.5 Å². The second kappa shape index (κ2) is 10.1. The van der Waals surface area contributed by atoms with Gasteiger partial charge in [-0.2, -0.15) is 4.31 Å². The van der Waals surface area contributed by atoms with Crippen LogP contribution in [0.5, 0.6) is 0 Å². The Hall–Kier alpha value is -2.90. The molecule has 6 nitrogen and oxygen atoms in total. The van der Waals surface area contributed by atoms with Crippen LogP contribution >= 0.6 is 0 Å². The molecule has 0 amide bonds. The molecule has 0 saturated carbocycles. The minimum absolute atomic E-state index is 0.0277. The average molecular weight is 455 g/mol. The van der Waals surface area contributed by atoms with Gasteiger partial charge in [-0.15, -0.1) is 0 Å². The van der Waals surface area contributed by atoms with Crippen molar-refractivity contribution in [1.82, 2.24) is 8.87 Å². The summed E-state index contributed by atoms with van der Waals surface area (Å²) < 4.78 is 36.4. The zero-order valence-electron chi connectivity index (χ0n) is 19.0. The molecular formula is C25H30N2O4S. The maximum Gasteiger partial charge on any atom is 0.341 e. The van der Waals surface area contributed by atoms with Gasteiger partial charge in [0.15, 0.2) is 0 Å². The van der Waals surface area contributed by atoms with Gasteiger partial charge in [-0.25, -0.2) is 13.2 Å². The van der Waals surface area contributed by atoms with Crippen LogP contribution in [-0.4, -0.2) is 36.4 Å². The number of carbonyl (C=O) groups excluding carboxylic acids is 1. The number of hydrogen-bond acceptors (Lipinski definition) is 4. The average Bonchev–Trinajstić information content (AvgIpc) is 3.02. The third-order valence-electron chi connectivity index (χ3n) is 5.70. The Bertz CT molecular complexity index is 1170. The number of aromatic nitrogens is 1. The van der Waals surface area contributed by atoms with Crippen LogP contribution in [0.4, 0.5) is 0 Å². The van der Waals surface area contributed by atoms with E-state index in [-0.39, 0.29) is 30.2 Å². The first kappa shape index (κ1) is 23.8. The minimum Gasteiger partial charge on any atom is -0.462 e. The predicted octanol–water partition coefficient (Wildman–Crippen LogP) is 4.25. The number of esters is 1. The van der Waals surface area contributed by atoms with Crippen molar-refractivity contribution in [2.45, 2.75) is 38.6 Å². The predicted molar refractivity (Wildman–Crippen MR) is 125 cm³/mol. The molecule has 3 rings (SSSR count). The van der Waals surface area contributed by atoms with Crippen molar-refractivity contribution in [3.63, 3.8) is 0 Å². The van der Waals surface area contributed by atoms with Gasteiger partial charge in [0.25, 0.3) is 0 Å². The molecule has 0 bridgehead atoms. The first-order chi connectivity index (χ1) is 15.3. The smallest absolute Gasteiger partial charge is 0.341 e. The molecule has 0 saturated heterocycles. The van der Waals surface area contributed by atoms with Gasteiger partial charge in [-0.05, 0) is 38.3 Å². The van der Waals surface area contributed by atoms with Gasteiger partial charge in [0.05, 0.1) is 6.61 Å².